The summed E-state index contributed by atoms with van der Waals surface area (Å²) >= 11 is 0. The van der Waals surface area contributed by atoms with Crippen molar-refractivity contribution in [2.45, 2.75) is 6.10 Å². The molecule has 18 heavy (non-hydrogen) atoms. The Hall–Kier alpha value is -2.15. The van der Waals surface area contributed by atoms with Crippen LogP contribution < -0.4 is 4.74 Å². The molecule has 0 aliphatic rings. The van der Waals surface area contributed by atoms with Crippen LogP contribution in [0.25, 0.3) is 0 Å². The molecule has 0 radical (unpaired) electrons. The zero-order valence-electron chi connectivity index (χ0n) is 9.99. The van der Waals surface area contributed by atoms with Crippen LogP contribution in [0.5, 0.6) is 5.75 Å². The normalized spacial score (nSPS) is 11.7. The van der Waals surface area contributed by atoms with Gasteiger partial charge in [0.05, 0.1) is 18.6 Å². The Morgan fingerprint density at radius 2 is 2.06 bits per heavy atom. The van der Waals surface area contributed by atoms with Gasteiger partial charge in [-0.2, -0.15) is 0 Å². The van der Waals surface area contributed by atoms with Gasteiger partial charge in [-0.25, -0.2) is 4.79 Å². The summed E-state index contributed by atoms with van der Waals surface area (Å²) in [5.41, 5.74) is -0.220. The molecule has 0 fully saturated rings. The van der Waals surface area contributed by atoms with Crippen molar-refractivity contribution in [1.29, 1.82) is 0 Å². The van der Waals surface area contributed by atoms with Gasteiger partial charge in [-0.1, -0.05) is 12.1 Å². The number of carbonyl (C=O) groups excluding carboxylic acids is 1. The molecule has 0 saturated carbocycles. The van der Waals surface area contributed by atoms with Crippen molar-refractivity contribution >= 4 is 11.7 Å². The highest BCUT2D eigenvalue weighted by molar-refractivity contribution is 5.75. The number of rotatable bonds is 6. The van der Waals surface area contributed by atoms with Crippen LogP contribution >= 0.6 is 0 Å². The number of ether oxygens (including phenoxy) is 3. The van der Waals surface area contributed by atoms with E-state index in [9.17, 15) is 14.9 Å². The minimum atomic E-state index is -1.04. The maximum atomic E-state index is 11.4. The summed E-state index contributed by atoms with van der Waals surface area (Å²) in [6, 6.07) is 5.78. The molecule has 0 N–H and O–H groups in total. The lowest BCUT2D eigenvalue weighted by Gasteiger charge is -2.15. The quantitative estimate of drug-likeness (QED) is 0.430. The Morgan fingerprint density at radius 1 is 1.39 bits per heavy atom. The van der Waals surface area contributed by atoms with Crippen LogP contribution in [0.15, 0.2) is 24.3 Å². The fraction of sp³-hybridized carbons (Fsp3) is 0.364. The lowest BCUT2D eigenvalue weighted by Crippen LogP contribution is -2.33. The maximum Gasteiger partial charge on any atom is 0.349 e. The van der Waals surface area contributed by atoms with E-state index in [4.69, 9.17) is 9.47 Å². The summed E-state index contributed by atoms with van der Waals surface area (Å²) in [4.78, 5) is 21.6. The number of carbonyl (C=O) groups is 1. The first-order valence-electron chi connectivity index (χ1n) is 5.07. The summed E-state index contributed by atoms with van der Waals surface area (Å²) in [5, 5.41) is 10.8. The minimum absolute atomic E-state index is 0.00468. The molecular weight excluding hydrogens is 242 g/mol. The third-order valence-corrected chi connectivity index (χ3v) is 2.11. The first kappa shape index (κ1) is 13.9. The van der Waals surface area contributed by atoms with Gasteiger partial charge in [0.1, 0.15) is 0 Å². The molecule has 1 atom stereocenters. The molecule has 1 aromatic carbocycles. The number of nitro groups is 1. The average Bonchev–Trinajstić information content (AvgIpc) is 2.37. The Morgan fingerprint density at radius 3 is 2.61 bits per heavy atom. The Labute approximate surface area is 103 Å². The molecule has 0 bridgehead atoms. The van der Waals surface area contributed by atoms with Crippen LogP contribution in [0.2, 0.25) is 0 Å². The van der Waals surface area contributed by atoms with Crippen molar-refractivity contribution in [3.8, 4) is 5.75 Å². The number of nitro benzene ring substituents is 1. The summed E-state index contributed by atoms with van der Waals surface area (Å²) in [6.45, 7) is -0.0568. The van der Waals surface area contributed by atoms with E-state index >= 15 is 0 Å². The number of esters is 1. The van der Waals surface area contributed by atoms with E-state index in [2.05, 4.69) is 4.74 Å². The third kappa shape index (κ3) is 3.42. The van der Waals surface area contributed by atoms with Gasteiger partial charge in [-0.3, -0.25) is 10.1 Å². The summed E-state index contributed by atoms with van der Waals surface area (Å²) < 4.78 is 14.6. The van der Waals surface area contributed by atoms with Crippen LogP contribution in [-0.4, -0.2) is 37.8 Å². The van der Waals surface area contributed by atoms with Crippen LogP contribution in [0, 0.1) is 10.1 Å². The number of hydrogen-bond donors (Lipinski definition) is 0. The van der Waals surface area contributed by atoms with Crippen molar-refractivity contribution in [3.63, 3.8) is 0 Å². The molecule has 0 aliphatic carbocycles. The van der Waals surface area contributed by atoms with Gasteiger partial charge in [0.25, 0.3) is 0 Å². The van der Waals surface area contributed by atoms with Crippen molar-refractivity contribution in [1.82, 2.24) is 0 Å². The summed E-state index contributed by atoms with van der Waals surface area (Å²) in [7, 11) is 2.59. The zero-order chi connectivity index (χ0) is 13.5. The maximum absolute atomic E-state index is 11.4. The second kappa shape index (κ2) is 6.55. The van der Waals surface area contributed by atoms with Gasteiger partial charge >= 0.3 is 11.7 Å². The van der Waals surface area contributed by atoms with Crippen LogP contribution in [0.1, 0.15) is 0 Å². The molecule has 0 aliphatic heterocycles. The van der Waals surface area contributed by atoms with Gasteiger partial charge in [0, 0.05) is 13.2 Å². The smallest absolute Gasteiger partial charge is 0.349 e. The largest absolute Gasteiger partial charge is 0.469 e. The molecule has 7 heteroatoms. The molecule has 0 spiro atoms. The fourth-order valence-electron chi connectivity index (χ4n) is 1.29. The summed E-state index contributed by atoms with van der Waals surface area (Å²) in [5.74, 6) is -0.662. The number of para-hydroxylation sites is 2. The fourth-order valence-corrected chi connectivity index (χ4v) is 1.29. The predicted molar refractivity (Wildman–Crippen MR) is 61.4 cm³/mol. The average molecular weight is 255 g/mol. The minimum Gasteiger partial charge on any atom is -0.469 e. The van der Waals surface area contributed by atoms with E-state index in [-0.39, 0.29) is 18.0 Å². The molecule has 1 rings (SSSR count). The predicted octanol–water partition coefficient (Wildman–Crippen LogP) is 1.16. The van der Waals surface area contributed by atoms with E-state index in [1.54, 1.807) is 6.07 Å². The van der Waals surface area contributed by atoms with E-state index in [1.165, 1.54) is 32.4 Å². The van der Waals surface area contributed by atoms with Crippen molar-refractivity contribution in [3.05, 3.63) is 34.4 Å². The Balaban J connectivity index is 2.93. The molecule has 98 valence electrons. The molecule has 0 amide bonds. The number of benzene rings is 1. The second-order valence-electron chi connectivity index (χ2n) is 3.31. The van der Waals surface area contributed by atoms with Crippen LogP contribution in [0.4, 0.5) is 5.69 Å². The Bertz CT molecular complexity index is 433. The second-order valence-corrected chi connectivity index (χ2v) is 3.31. The van der Waals surface area contributed by atoms with Crippen molar-refractivity contribution < 1.29 is 23.9 Å². The number of hydrogen-bond acceptors (Lipinski definition) is 6. The van der Waals surface area contributed by atoms with Gasteiger partial charge in [-0.15, -0.1) is 0 Å². The molecule has 0 heterocycles. The van der Waals surface area contributed by atoms with E-state index < -0.39 is 17.0 Å². The third-order valence-electron chi connectivity index (χ3n) is 2.11. The highest BCUT2D eigenvalue weighted by Gasteiger charge is 2.24. The molecule has 0 aromatic heterocycles. The molecule has 7 nitrogen and oxygen atoms in total. The summed E-state index contributed by atoms with van der Waals surface area (Å²) in [6.07, 6.45) is -1.04. The van der Waals surface area contributed by atoms with Gasteiger partial charge in [0.15, 0.2) is 5.75 Å². The lowest BCUT2D eigenvalue weighted by molar-refractivity contribution is -0.386. The SMILES string of the molecule is COCC(Oc1ccccc1[N+](=O)[O-])C(=O)OC. The molecular formula is C11H13NO6. The van der Waals surface area contributed by atoms with Crippen molar-refractivity contribution in [2.24, 2.45) is 0 Å². The highest BCUT2D eigenvalue weighted by Crippen LogP contribution is 2.26. The van der Waals surface area contributed by atoms with E-state index in [0.29, 0.717) is 0 Å². The number of nitrogens with zero attached hydrogens (tertiary/aromatic N) is 1. The number of methoxy groups -OCH3 is 2. The van der Waals surface area contributed by atoms with Gasteiger partial charge in [0.2, 0.25) is 6.10 Å². The van der Waals surface area contributed by atoms with Crippen molar-refractivity contribution in [2.75, 3.05) is 20.8 Å². The topological polar surface area (TPSA) is 87.9 Å². The van der Waals surface area contributed by atoms with Crippen LogP contribution in [-0.2, 0) is 14.3 Å². The molecule has 0 saturated heterocycles. The molecule has 1 aromatic rings. The first-order valence-corrected chi connectivity index (χ1v) is 5.07. The standard InChI is InChI=1S/C11H13NO6/c1-16-7-10(11(13)17-2)18-9-6-4-3-5-8(9)12(14)15/h3-6,10H,7H2,1-2H3. The van der Waals surface area contributed by atoms with Crippen LogP contribution in [0.3, 0.4) is 0 Å². The van der Waals surface area contributed by atoms with Gasteiger partial charge in [-0.05, 0) is 6.07 Å². The highest BCUT2D eigenvalue weighted by atomic mass is 16.6. The zero-order valence-corrected chi connectivity index (χ0v) is 9.99. The Kier molecular flexibility index (Phi) is 5.06. The molecule has 1 unspecified atom stereocenters. The van der Waals surface area contributed by atoms with E-state index in [1.807, 2.05) is 0 Å². The van der Waals surface area contributed by atoms with E-state index in [0.717, 1.165) is 0 Å². The van der Waals surface area contributed by atoms with Gasteiger partial charge < -0.3 is 14.2 Å². The lowest BCUT2D eigenvalue weighted by atomic mass is 10.3. The first-order chi connectivity index (χ1) is 8.60. The monoisotopic (exact) mass is 255 g/mol.